The first-order valence-electron chi connectivity index (χ1n) is 11.2. The number of sulfonamides is 1. The number of aryl methyl sites for hydroxylation is 2. The van der Waals surface area contributed by atoms with Crippen LogP contribution >= 0.6 is 0 Å². The van der Waals surface area contributed by atoms with Crippen LogP contribution in [0.1, 0.15) is 31.4 Å². The number of pyridine rings is 1. The summed E-state index contributed by atoms with van der Waals surface area (Å²) in [5, 5.41) is 0.0332. The van der Waals surface area contributed by atoms with E-state index in [1.165, 1.54) is 35.9 Å². The van der Waals surface area contributed by atoms with Crippen LogP contribution in [0, 0.1) is 6.92 Å². The van der Waals surface area contributed by atoms with Gasteiger partial charge in [-0.25, -0.2) is 18.2 Å². The van der Waals surface area contributed by atoms with Gasteiger partial charge < -0.3 is 4.90 Å². The second-order valence-corrected chi connectivity index (χ2v) is 10.2. The molecule has 3 heterocycles. The van der Waals surface area contributed by atoms with Crippen LogP contribution in [0.3, 0.4) is 0 Å². The Morgan fingerprint density at radius 2 is 1.76 bits per heavy atom. The maximum Gasteiger partial charge on any atom is 0.331 e. The lowest BCUT2D eigenvalue weighted by Crippen LogP contribution is -2.44. The number of fused-ring (bicyclic) bond motifs is 1. The number of rotatable bonds is 5. The van der Waals surface area contributed by atoms with Crippen molar-refractivity contribution in [3.05, 3.63) is 62.9 Å². The summed E-state index contributed by atoms with van der Waals surface area (Å²) >= 11 is 0. The van der Waals surface area contributed by atoms with Gasteiger partial charge in [-0.2, -0.15) is 0 Å². The van der Waals surface area contributed by atoms with E-state index in [-0.39, 0.29) is 34.1 Å². The van der Waals surface area contributed by atoms with Crippen molar-refractivity contribution in [1.82, 2.24) is 19.0 Å². The highest BCUT2D eigenvalue weighted by Gasteiger charge is 2.21. The quantitative estimate of drug-likeness (QED) is 0.586. The summed E-state index contributed by atoms with van der Waals surface area (Å²) in [5.41, 5.74) is -0.405. The van der Waals surface area contributed by atoms with Crippen LogP contribution in [0.2, 0.25) is 0 Å². The molecule has 1 aromatic carbocycles. The van der Waals surface area contributed by atoms with E-state index < -0.39 is 21.3 Å². The second kappa shape index (κ2) is 9.41. The Balaban J connectivity index is 1.73. The molecule has 0 radical (unpaired) electrons. The molecule has 0 atom stereocenters. The van der Waals surface area contributed by atoms with Gasteiger partial charge in [-0.15, -0.1) is 0 Å². The number of aromatic nitrogens is 3. The minimum absolute atomic E-state index is 0.0332. The molecule has 0 bridgehead atoms. The monoisotopic (exact) mass is 485 g/mol. The highest BCUT2D eigenvalue weighted by Crippen LogP contribution is 2.19. The molecule has 0 aliphatic carbocycles. The average molecular weight is 486 g/mol. The molecule has 34 heavy (non-hydrogen) atoms. The van der Waals surface area contributed by atoms with Crippen LogP contribution < -0.4 is 16.0 Å². The summed E-state index contributed by atoms with van der Waals surface area (Å²) in [6.45, 7) is 2.55. The molecule has 180 valence electrons. The molecule has 10 nitrogen and oxygen atoms in total. The SMILES string of the molecule is Cc1cccc(NS(=O)(=O)c2ccc3c(c2)c(=O)n(CC(=O)N2CCCCCC2)c(=O)n3C)n1. The van der Waals surface area contributed by atoms with E-state index in [1.54, 1.807) is 24.0 Å². The number of nitrogens with zero attached hydrogens (tertiary/aromatic N) is 4. The van der Waals surface area contributed by atoms with Gasteiger partial charge in [-0.3, -0.25) is 23.4 Å². The van der Waals surface area contributed by atoms with Crippen molar-refractivity contribution in [2.75, 3.05) is 17.8 Å². The molecule has 1 aliphatic rings. The van der Waals surface area contributed by atoms with Crippen molar-refractivity contribution in [1.29, 1.82) is 0 Å². The van der Waals surface area contributed by atoms with Gasteiger partial charge in [-0.1, -0.05) is 18.9 Å². The third-order valence-electron chi connectivity index (χ3n) is 6.01. The summed E-state index contributed by atoms with van der Waals surface area (Å²) < 4.78 is 30.4. The Morgan fingerprint density at radius 1 is 1.06 bits per heavy atom. The van der Waals surface area contributed by atoms with Crippen molar-refractivity contribution >= 4 is 32.7 Å². The van der Waals surface area contributed by atoms with E-state index in [0.717, 1.165) is 30.3 Å². The van der Waals surface area contributed by atoms with Crippen molar-refractivity contribution in [2.45, 2.75) is 44.0 Å². The summed E-state index contributed by atoms with van der Waals surface area (Å²) in [6.07, 6.45) is 3.87. The molecule has 1 N–H and O–H groups in total. The first-order valence-corrected chi connectivity index (χ1v) is 12.6. The standard InChI is InChI=1S/C23H27N5O5S/c1-16-8-7-9-20(24-16)25-34(32,33)17-10-11-19-18(14-17)22(30)28(23(31)26(19)2)15-21(29)27-12-5-3-4-6-13-27/h7-11,14H,3-6,12-13,15H2,1-2H3,(H,24,25). The van der Waals surface area contributed by atoms with E-state index >= 15 is 0 Å². The molecule has 0 unspecified atom stereocenters. The van der Waals surface area contributed by atoms with E-state index in [4.69, 9.17) is 0 Å². The fraction of sp³-hybridized carbons (Fsp3) is 0.391. The number of carbonyl (C=O) groups excluding carboxylic acids is 1. The van der Waals surface area contributed by atoms with Gasteiger partial charge in [0.05, 0.1) is 15.8 Å². The zero-order valence-electron chi connectivity index (χ0n) is 19.2. The predicted octanol–water partition coefficient (Wildman–Crippen LogP) is 1.61. The fourth-order valence-corrected chi connectivity index (χ4v) is 5.18. The molecule has 1 fully saturated rings. The number of nitrogens with one attached hydrogen (secondary N) is 1. The number of carbonyl (C=O) groups is 1. The Morgan fingerprint density at radius 3 is 2.44 bits per heavy atom. The van der Waals surface area contributed by atoms with Crippen molar-refractivity contribution < 1.29 is 13.2 Å². The lowest BCUT2D eigenvalue weighted by molar-refractivity contribution is -0.131. The number of amides is 1. The van der Waals surface area contributed by atoms with E-state index in [2.05, 4.69) is 9.71 Å². The topological polar surface area (TPSA) is 123 Å². The number of hydrogen-bond donors (Lipinski definition) is 1. The Bertz CT molecular complexity index is 1470. The Kier molecular flexibility index (Phi) is 6.56. The molecule has 0 saturated carbocycles. The summed E-state index contributed by atoms with van der Waals surface area (Å²) in [6, 6.07) is 8.91. The van der Waals surface area contributed by atoms with Crippen LogP contribution in [0.4, 0.5) is 5.82 Å². The number of hydrogen-bond acceptors (Lipinski definition) is 6. The van der Waals surface area contributed by atoms with Crippen LogP contribution in [0.5, 0.6) is 0 Å². The molecule has 2 aromatic heterocycles. The van der Waals surface area contributed by atoms with Gasteiger partial charge in [0.1, 0.15) is 12.4 Å². The smallest absolute Gasteiger partial charge is 0.331 e. The zero-order chi connectivity index (χ0) is 24.5. The van der Waals surface area contributed by atoms with E-state index in [0.29, 0.717) is 18.8 Å². The van der Waals surface area contributed by atoms with Gasteiger partial charge in [-0.05, 0) is 50.1 Å². The van der Waals surface area contributed by atoms with Crippen molar-refractivity contribution in [3.63, 3.8) is 0 Å². The summed E-state index contributed by atoms with van der Waals surface area (Å²) in [4.78, 5) is 44.6. The molecule has 1 amide bonds. The maximum atomic E-state index is 13.2. The predicted molar refractivity (Wildman–Crippen MR) is 128 cm³/mol. The van der Waals surface area contributed by atoms with Crippen LogP contribution in [-0.4, -0.2) is 46.4 Å². The highest BCUT2D eigenvalue weighted by atomic mass is 32.2. The van der Waals surface area contributed by atoms with Gasteiger partial charge in [0.15, 0.2) is 0 Å². The molecule has 11 heteroatoms. The van der Waals surface area contributed by atoms with Crippen LogP contribution in [-0.2, 0) is 28.4 Å². The minimum atomic E-state index is -4.04. The normalized spacial score (nSPS) is 14.7. The van der Waals surface area contributed by atoms with Crippen molar-refractivity contribution in [3.8, 4) is 0 Å². The molecular formula is C23H27N5O5S. The molecule has 0 spiro atoms. The minimum Gasteiger partial charge on any atom is -0.341 e. The largest absolute Gasteiger partial charge is 0.341 e. The van der Waals surface area contributed by atoms with E-state index in [9.17, 15) is 22.8 Å². The highest BCUT2D eigenvalue weighted by molar-refractivity contribution is 7.92. The number of likely N-dealkylation sites (tertiary alicyclic amines) is 1. The molecule has 3 aromatic rings. The summed E-state index contributed by atoms with van der Waals surface area (Å²) in [5.74, 6) is -0.141. The molecule has 4 rings (SSSR count). The number of benzene rings is 1. The van der Waals surface area contributed by atoms with Gasteiger partial charge in [0.2, 0.25) is 5.91 Å². The maximum absolute atomic E-state index is 13.2. The Hall–Kier alpha value is -3.47. The average Bonchev–Trinajstić information content (AvgIpc) is 3.09. The van der Waals surface area contributed by atoms with Crippen LogP contribution in [0.25, 0.3) is 10.9 Å². The third-order valence-corrected chi connectivity index (χ3v) is 7.36. The zero-order valence-corrected chi connectivity index (χ0v) is 20.0. The first-order chi connectivity index (χ1) is 16.2. The molecule has 1 aliphatic heterocycles. The first kappa shape index (κ1) is 23.7. The molecule has 1 saturated heterocycles. The lowest BCUT2D eigenvalue weighted by Gasteiger charge is -2.21. The summed E-state index contributed by atoms with van der Waals surface area (Å²) in [7, 11) is -2.56. The third kappa shape index (κ3) is 4.74. The van der Waals surface area contributed by atoms with Gasteiger partial charge in [0, 0.05) is 25.8 Å². The van der Waals surface area contributed by atoms with Crippen molar-refractivity contribution in [2.24, 2.45) is 7.05 Å². The van der Waals surface area contributed by atoms with Crippen LogP contribution in [0.15, 0.2) is 50.9 Å². The Labute approximate surface area is 196 Å². The second-order valence-electron chi connectivity index (χ2n) is 8.48. The van der Waals surface area contributed by atoms with Gasteiger partial charge in [0.25, 0.3) is 15.6 Å². The van der Waals surface area contributed by atoms with E-state index in [1.807, 2.05) is 0 Å². The number of anilines is 1. The van der Waals surface area contributed by atoms with Gasteiger partial charge >= 0.3 is 5.69 Å². The fourth-order valence-electron chi connectivity index (χ4n) is 4.15. The lowest BCUT2D eigenvalue weighted by atomic mass is 10.2. The molecular weight excluding hydrogens is 458 g/mol.